The van der Waals surface area contributed by atoms with Crippen molar-refractivity contribution in [2.75, 3.05) is 13.1 Å². The van der Waals surface area contributed by atoms with Crippen LogP contribution in [0.25, 0.3) is 0 Å². The molecular formula is C6H10N2O2. The maximum Gasteiger partial charge on any atom is 0.244 e. The highest BCUT2D eigenvalue weighted by Gasteiger charge is 2.53. The Morgan fingerprint density at radius 2 is 2.50 bits per heavy atom. The van der Waals surface area contributed by atoms with Gasteiger partial charge >= 0.3 is 0 Å². The zero-order valence-electron chi connectivity index (χ0n) is 5.63. The molecule has 2 fully saturated rings. The van der Waals surface area contributed by atoms with E-state index >= 15 is 0 Å². The van der Waals surface area contributed by atoms with Gasteiger partial charge in [0.05, 0.1) is 0 Å². The van der Waals surface area contributed by atoms with Crippen molar-refractivity contribution in [3.63, 3.8) is 0 Å². The number of amides is 1. The number of nitrogens with one attached hydrogen (secondary N) is 1. The summed E-state index contributed by atoms with van der Waals surface area (Å²) in [6, 6.07) is 0. The summed E-state index contributed by atoms with van der Waals surface area (Å²) in [7, 11) is 0. The van der Waals surface area contributed by atoms with Crippen molar-refractivity contribution in [1.82, 2.24) is 10.4 Å². The van der Waals surface area contributed by atoms with Crippen LogP contribution < -0.4 is 5.32 Å². The van der Waals surface area contributed by atoms with E-state index < -0.39 is 5.54 Å². The third-order valence-corrected chi connectivity index (χ3v) is 2.42. The highest BCUT2D eigenvalue weighted by Crippen LogP contribution is 2.31. The SMILES string of the molecule is O=C1NCC12CCCN2O. The molecule has 0 saturated carbocycles. The van der Waals surface area contributed by atoms with E-state index in [0.29, 0.717) is 13.1 Å². The molecule has 2 aliphatic rings. The highest BCUT2D eigenvalue weighted by molar-refractivity contribution is 5.92. The third-order valence-electron chi connectivity index (χ3n) is 2.42. The van der Waals surface area contributed by atoms with Crippen LogP contribution in [0.5, 0.6) is 0 Å². The van der Waals surface area contributed by atoms with Gasteiger partial charge in [-0.2, -0.15) is 5.06 Å². The van der Waals surface area contributed by atoms with Gasteiger partial charge in [-0.05, 0) is 12.8 Å². The Bertz CT molecular complexity index is 183. The maximum atomic E-state index is 11.0. The van der Waals surface area contributed by atoms with Crippen LogP contribution in [0.3, 0.4) is 0 Å². The molecule has 0 aromatic rings. The molecule has 2 aliphatic heterocycles. The van der Waals surface area contributed by atoms with E-state index in [1.54, 1.807) is 0 Å². The summed E-state index contributed by atoms with van der Waals surface area (Å²) in [4.78, 5) is 11.0. The summed E-state index contributed by atoms with van der Waals surface area (Å²) in [6.07, 6.45) is 1.72. The van der Waals surface area contributed by atoms with Gasteiger partial charge in [0, 0.05) is 13.1 Å². The van der Waals surface area contributed by atoms with Crippen LogP contribution >= 0.6 is 0 Å². The molecule has 2 rings (SSSR count). The molecule has 4 nitrogen and oxygen atoms in total. The summed E-state index contributed by atoms with van der Waals surface area (Å²) >= 11 is 0. The van der Waals surface area contributed by atoms with Crippen LogP contribution in [0.4, 0.5) is 0 Å². The maximum absolute atomic E-state index is 11.0. The number of carbonyl (C=O) groups excluding carboxylic acids is 1. The van der Waals surface area contributed by atoms with E-state index in [2.05, 4.69) is 5.32 Å². The molecule has 10 heavy (non-hydrogen) atoms. The fraction of sp³-hybridized carbons (Fsp3) is 0.833. The third kappa shape index (κ3) is 0.507. The average Bonchev–Trinajstić information content (AvgIpc) is 2.30. The molecule has 56 valence electrons. The van der Waals surface area contributed by atoms with Crippen LogP contribution in [0.2, 0.25) is 0 Å². The molecule has 2 saturated heterocycles. The highest BCUT2D eigenvalue weighted by atomic mass is 16.5. The summed E-state index contributed by atoms with van der Waals surface area (Å²) in [6.45, 7) is 1.25. The Hall–Kier alpha value is -0.610. The number of hydroxylamine groups is 2. The van der Waals surface area contributed by atoms with Gasteiger partial charge in [0.15, 0.2) is 0 Å². The molecule has 2 N–H and O–H groups in total. The molecule has 0 radical (unpaired) electrons. The minimum Gasteiger partial charge on any atom is -0.352 e. The summed E-state index contributed by atoms with van der Waals surface area (Å²) in [5.41, 5.74) is -0.528. The number of nitrogens with zero attached hydrogens (tertiary/aromatic N) is 1. The van der Waals surface area contributed by atoms with Crippen molar-refractivity contribution in [3.8, 4) is 0 Å². The van der Waals surface area contributed by atoms with Crippen LogP contribution in [-0.4, -0.2) is 34.8 Å². The van der Waals surface area contributed by atoms with Gasteiger partial charge in [0.1, 0.15) is 5.54 Å². The second-order valence-electron chi connectivity index (χ2n) is 2.94. The van der Waals surface area contributed by atoms with Crippen LogP contribution in [0.1, 0.15) is 12.8 Å². The van der Waals surface area contributed by atoms with Crippen molar-refractivity contribution in [2.45, 2.75) is 18.4 Å². The quantitative estimate of drug-likeness (QED) is 0.441. The van der Waals surface area contributed by atoms with E-state index in [1.807, 2.05) is 0 Å². The lowest BCUT2D eigenvalue weighted by molar-refractivity contribution is -0.183. The minimum absolute atomic E-state index is 0.0208. The zero-order valence-corrected chi connectivity index (χ0v) is 5.63. The zero-order chi connectivity index (χ0) is 7.19. The predicted octanol–water partition coefficient (Wildman–Crippen LogP) is -0.660. The molecule has 1 amide bonds. The Labute approximate surface area is 58.8 Å². The first-order valence-corrected chi connectivity index (χ1v) is 3.50. The number of rotatable bonds is 0. The molecule has 0 aliphatic carbocycles. The van der Waals surface area contributed by atoms with E-state index in [9.17, 15) is 10.0 Å². The lowest BCUT2D eigenvalue weighted by atomic mass is 9.89. The molecule has 1 spiro atoms. The summed E-state index contributed by atoms with van der Waals surface area (Å²) < 4.78 is 0. The first-order valence-electron chi connectivity index (χ1n) is 3.50. The van der Waals surface area contributed by atoms with E-state index in [1.165, 1.54) is 5.06 Å². The normalized spacial score (nSPS) is 39.9. The number of hydrogen-bond acceptors (Lipinski definition) is 3. The van der Waals surface area contributed by atoms with Gasteiger partial charge in [-0.1, -0.05) is 0 Å². The number of carbonyl (C=O) groups is 1. The van der Waals surface area contributed by atoms with Crippen LogP contribution in [-0.2, 0) is 4.79 Å². The molecule has 4 heteroatoms. The van der Waals surface area contributed by atoms with Gasteiger partial charge in [-0.3, -0.25) is 4.79 Å². The molecule has 0 aromatic heterocycles. The number of hydrogen-bond donors (Lipinski definition) is 2. The summed E-state index contributed by atoms with van der Waals surface area (Å²) in [5.74, 6) is -0.0208. The van der Waals surface area contributed by atoms with Crippen molar-refractivity contribution in [3.05, 3.63) is 0 Å². The first-order chi connectivity index (χ1) is 4.76. The Morgan fingerprint density at radius 3 is 2.70 bits per heavy atom. The number of β-lactam (4-membered cyclic amide) rings is 1. The van der Waals surface area contributed by atoms with E-state index in [-0.39, 0.29) is 5.91 Å². The fourth-order valence-corrected chi connectivity index (χ4v) is 1.64. The van der Waals surface area contributed by atoms with Gasteiger partial charge in [0.2, 0.25) is 5.91 Å². The molecule has 1 unspecified atom stereocenters. The van der Waals surface area contributed by atoms with Crippen LogP contribution in [0, 0.1) is 0 Å². The lowest BCUT2D eigenvalue weighted by Crippen LogP contribution is -2.69. The molecule has 0 aromatic carbocycles. The Kier molecular flexibility index (Phi) is 1.04. The van der Waals surface area contributed by atoms with Crippen molar-refractivity contribution in [1.29, 1.82) is 0 Å². The average molecular weight is 142 g/mol. The largest absolute Gasteiger partial charge is 0.352 e. The second kappa shape index (κ2) is 1.71. The van der Waals surface area contributed by atoms with Gasteiger partial charge in [-0.15, -0.1) is 0 Å². The van der Waals surface area contributed by atoms with Gasteiger partial charge in [0.25, 0.3) is 0 Å². The Balaban J connectivity index is 2.21. The molecular weight excluding hydrogens is 132 g/mol. The second-order valence-corrected chi connectivity index (χ2v) is 2.94. The van der Waals surface area contributed by atoms with Gasteiger partial charge in [-0.25, -0.2) is 0 Å². The van der Waals surface area contributed by atoms with Crippen molar-refractivity contribution >= 4 is 5.91 Å². The van der Waals surface area contributed by atoms with Crippen molar-refractivity contribution in [2.24, 2.45) is 0 Å². The van der Waals surface area contributed by atoms with E-state index in [0.717, 1.165) is 12.8 Å². The monoisotopic (exact) mass is 142 g/mol. The predicted molar refractivity (Wildman–Crippen MR) is 33.5 cm³/mol. The van der Waals surface area contributed by atoms with E-state index in [4.69, 9.17) is 0 Å². The summed E-state index contributed by atoms with van der Waals surface area (Å²) in [5, 5.41) is 13.0. The standard InChI is InChI=1S/C6H10N2O2/c9-5-6(4-7-5)2-1-3-8(6)10/h10H,1-4H2,(H,7,9). The molecule has 1 atom stereocenters. The molecule has 2 heterocycles. The van der Waals surface area contributed by atoms with Crippen molar-refractivity contribution < 1.29 is 10.0 Å². The topological polar surface area (TPSA) is 52.6 Å². The molecule has 0 bridgehead atoms. The first kappa shape index (κ1) is 6.12. The smallest absolute Gasteiger partial charge is 0.244 e. The van der Waals surface area contributed by atoms with Crippen LogP contribution in [0.15, 0.2) is 0 Å². The Morgan fingerprint density at radius 1 is 1.70 bits per heavy atom. The lowest BCUT2D eigenvalue weighted by Gasteiger charge is -2.40. The van der Waals surface area contributed by atoms with Gasteiger partial charge < -0.3 is 10.5 Å². The fourth-order valence-electron chi connectivity index (χ4n) is 1.64. The minimum atomic E-state index is -0.528.